The lowest BCUT2D eigenvalue weighted by Gasteiger charge is -2.07. The molecule has 0 saturated carbocycles. The monoisotopic (exact) mass is 314 g/mol. The van der Waals surface area contributed by atoms with Gasteiger partial charge in [0.15, 0.2) is 0 Å². The van der Waals surface area contributed by atoms with Crippen LogP contribution in [0, 0.1) is 0 Å². The number of fused-ring (bicyclic) bond motifs is 1. The SMILES string of the molecule is COC(=O)CCCCCCNC(=O)c1cccc2ncccc12. The molecule has 5 heteroatoms. The van der Waals surface area contributed by atoms with Gasteiger partial charge in [0.25, 0.3) is 5.91 Å². The maximum atomic E-state index is 12.3. The van der Waals surface area contributed by atoms with Gasteiger partial charge in [0.2, 0.25) is 0 Å². The maximum Gasteiger partial charge on any atom is 0.305 e. The van der Waals surface area contributed by atoms with Crippen molar-refractivity contribution in [3.05, 3.63) is 42.1 Å². The number of rotatable bonds is 8. The predicted molar refractivity (Wildman–Crippen MR) is 89.2 cm³/mol. The first-order chi connectivity index (χ1) is 11.2. The van der Waals surface area contributed by atoms with Crippen molar-refractivity contribution in [3.63, 3.8) is 0 Å². The molecule has 0 fully saturated rings. The van der Waals surface area contributed by atoms with Crippen molar-refractivity contribution in [1.29, 1.82) is 0 Å². The Morgan fingerprint density at radius 3 is 2.74 bits per heavy atom. The van der Waals surface area contributed by atoms with E-state index >= 15 is 0 Å². The van der Waals surface area contributed by atoms with Gasteiger partial charge in [0.05, 0.1) is 12.6 Å². The Hall–Kier alpha value is -2.43. The van der Waals surface area contributed by atoms with Crippen LogP contribution < -0.4 is 5.32 Å². The molecule has 0 aliphatic rings. The number of ether oxygens (including phenoxy) is 1. The summed E-state index contributed by atoms with van der Waals surface area (Å²) in [5, 5.41) is 3.81. The van der Waals surface area contributed by atoms with Crippen LogP contribution in [0.2, 0.25) is 0 Å². The number of aromatic nitrogens is 1. The second kappa shape index (κ2) is 8.88. The molecule has 5 nitrogen and oxygen atoms in total. The topological polar surface area (TPSA) is 68.3 Å². The molecule has 23 heavy (non-hydrogen) atoms. The first-order valence-corrected chi connectivity index (χ1v) is 7.91. The number of unbranched alkanes of at least 4 members (excludes halogenated alkanes) is 3. The summed E-state index contributed by atoms with van der Waals surface area (Å²) in [4.78, 5) is 27.5. The fourth-order valence-corrected chi connectivity index (χ4v) is 2.45. The summed E-state index contributed by atoms with van der Waals surface area (Å²) in [5.74, 6) is -0.235. The van der Waals surface area contributed by atoms with E-state index in [1.165, 1.54) is 7.11 Å². The summed E-state index contributed by atoms with van der Waals surface area (Å²) >= 11 is 0. The van der Waals surface area contributed by atoms with E-state index in [9.17, 15) is 9.59 Å². The average Bonchev–Trinajstić information content (AvgIpc) is 2.59. The smallest absolute Gasteiger partial charge is 0.305 e. The highest BCUT2D eigenvalue weighted by Gasteiger charge is 2.09. The summed E-state index contributed by atoms with van der Waals surface area (Å²) in [6, 6.07) is 9.30. The summed E-state index contributed by atoms with van der Waals surface area (Å²) in [6.07, 6.45) is 5.85. The molecule has 2 rings (SSSR count). The lowest BCUT2D eigenvalue weighted by molar-refractivity contribution is -0.140. The molecule has 0 aliphatic carbocycles. The fraction of sp³-hybridized carbons (Fsp3) is 0.389. The van der Waals surface area contributed by atoms with Crippen molar-refractivity contribution >= 4 is 22.8 Å². The Labute approximate surface area is 136 Å². The Balaban J connectivity index is 1.74. The molecule has 0 bridgehead atoms. The minimum absolute atomic E-state index is 0.0711. The van der Waals surface area contributed by atoms with Crippen LogP contribution in [0.4, 0.5) is 0 Å². The number of esters is 1. The zero-order valence-electron chi connectivity index (χ0n) is 13.4. The van der Waals surface area contributed by atoms with Crippen molar-refractivity contribution in [2.75, 3.05) is 13.7 Å². The van der Waals surface area contributed by atoms with Gasteiger partial charge in [0.1, 0.15) is 0 Å². The molecule has 0 aliphatic heterocycles. The van der Waals surface area contributed by atoms with Gasteiger partial charge in [-0.3, -0.25) is 14.6 Å². The number of benzene rings is 1. The van der Waals surface area contributed by atoms with Gasteiger partial charge in [-0.05, 0) is 31.0 Å². The first kappa shape index (κ1) is 16.9. The van der Waals surface area contributed by atoms with E-state index in [-0.39, 0.29) is 11.9 Å². The third kappa shape index (κ3) is 5.06. The Bertz CT molecular complexity index is 665. The molecule has 1 N–H and O–H groups in total. The zero-order chi connectivity index (χ0) is 16.5. The minimum Gasteiger partial charge on any atom is -0.469 e. The van der Waals surface area contributed by atoms with E-state index in [2.05, 4.69) is 15.0 Å². The molecule has 0 spiro atoms. The lowest BCUT2D eigenvalue weighted by atomic mass is 10.1. The third-order valence-electron chi connectivity index (χ3n) is 3.71. The molecule has 2 aromatic rings. The summed E-state index contributed by atoms with van der Waals surface area (Å²) < 4.78 is 4.59. The predicted octanol–water partition coefficient (Wildman–Crippen LogP) is 3.09. The molecule has 1 aromatic carbocycles. The number of pyridine rings is 1. The summed E-state index contributed by atoms with van der Waals surface area (Å²) in [6.45, 7) is 0.633. The van der Waals surface area contributed by atoms with E-state index in [1.807, 2.05) is 30.3 Å². The van der Waals surface area contributed by atoms with Gasteiger partial charge in [-0.15, -0.1) is 0 Å². The highest BCUT2D eigenvalue weighted by atomic mass is 16.5. The maximum absolute atomic E-state index is 12.3. The van der Waals surface area contributed by atoms with Crippen LogP contribution in [-0.2, 0) is 9.53 Å². The second-order valence-electron chi connectivity index (χ2n) is 5.37. The molecule has 1 aromatic heterocycles. The van der Waals surface area contributed by atoms with Crippen LogP contribution in [0.3, 0.4) is 0 Å². The van der Waals surface area contributed by atoms with Gasteiger partial charge < -0.3 is 10.1 Å². The van der Waals surface area contributed by atoms with Crippen molar-refractivity contribution in [3.8, 4) is 0 Å². The van der Waals surface area contributed by atoms with Gasteiger partial charge in [0, 0.05) is 30.1 Å². The zero-order valence-corrected chi connectivity index (χ0v) is 13.4. The van der Waals surface area contributed by atoms with E-state index in [0.29, 0.717) is 18.5 Å². The van der Waals surface area contributed by atoms with Crippen LogP contribution in [-0.4, -0.2) is 30.5 Å². The molecule has 122 valence electrons. The highest BCUT2D eigenvalue weighted by molar-refractivity contribution is 6.06. The quantitative estimate of drug-likeness (QED) is 0.600. The van der Waals surface area contributed by atoms with Crippen molar-refractivity contribution in [2.24, 2.45) is 0 Å². The molecule has 0 unspecified atom stereocenters. The van der Waals surface area contributed by atoms with Crippen LogP contribution in [0.1, 0.15) is 42.5 Å². The number of carbonyl (C=O) groups is 2. The van der Waals surface area contributed by atoms with E-state index in [4.69, 9.17) is 0 Å². The number of carbonyl (C=O) groups excluding carboxylic acids is 2. The number of hydrogen-bond donors (Lipinski definition) is 1. The number of methoxy groups -OCH3 is 1. The fourth-order valence-electron chi connectivity index (χ4n) is 2.45. The standard InChI is InChI=1S/C18H22N2O3/c1-23-17(21)11-4-2-3-5-12-20-18(22)15-8-6-10-16-14(15)9-7-13-19-16/h6-10,13H,2-5,11-12H2,1H3,(H,20,22). The molecular weight excluding hydrogens is 292 g/mol. The Kier molecular flexibility index (Phi) is 6.54. The Morgan fingerprint density at radius 2 is 1.91 bits per heavy atom. The number of nitrogens with one attached hydrogen (secondary N) is 1. The molecule has 0 saturated heterocycles. The van der Waals surface area contributed by atoms with Gasteiger partial charge >= 0.3 is 5.97 Å². The van der Waals surface area contributed by atoms with Gasteiger partial charge in [-0.1, -0.05) is 25.0 Å². The van der Waals surface area contributed by atoms with Crippen LogP contribution in [0.25, 0.3) is 10.9 Å². The second-order valence-corrected chi connectivity index (χ2v) is 5.37. The van der Waals surface area contributed by atoms with Crippen molar-refractivity contribution in [1.82, 2.24) is 10.3 Å². The molecule has 0 radical (unpaired) electrons. The van der Waals surface area contributed by atoms with E-state index in [1.54, 1.807) is 6.20 Å². The number of amides is 1. The van der Waals surface area contributed by atoms with Gasteiger partial charge in [-0.25, -0.2) is 0 Å². The first-order valence-electron chi connectivity index (χ1n) is 7.91. The van der Waals surface area contributed by atoms with Crippen molar-refractivity contribution in [2.45, 2.75) is 32.1 Å². The van der Waals surface area contributed by atoms with Crippen molar-refractivity contribution < 1.29 is 14.3 Å². The number of nitrogens with zero attached hydrogens (tertiary/aromatic N) is 1. The van der Waals surface area contributed by atoms with Gasteiger partial charge in [-0.2, -0.15) is 0 Å². The van der Waals surface area contributed by atoms with E-state index < -0.39 is 0 Å². The molecule has 1 amide bonds. The van der Waals surface area contributed by atoms with E-state index in [0.717, 1.165) is 36.6 Å². The Morgan fingerprint density at radius 1 is 1.09 bits per heavy atom. The average molecular weight is 314 g/mol. The highest BCUT2D eigenvalue weighted by Crippen LogP contribution is 2.16. The number of hydrogen-bond acceptors (Lipinski definition) is 4. The normalized spacial score (nSPS) is 10.5. The molecule has 0 atom stereocenters. The third-order valence-corrected chi connectivity index (χ3v) is 3.71. The summed E-state index contributed by atoms with van der Waals surface area (Å²) in [5.41, 5.74) is 1.48. The van der Waals surface area contributed by atoms with Crippen LogP contribution >= 0.6 is 0 Å². The minimum atomic E-state index is -0.164. The largest absolute Gasteiger partial charge is 0.469 e. The van der Waals surface area contributed by atoms with Crippen LogP contribution in [0.5, 0.6) is 0 Å². The van der Waals surface area contributed by atoms with Crippen LogP contribution in [0.15, 0.2) is 36.5 Å². The molecular formula is C18H22N2O3. The summed E-state index contributed by atoms with van der Waals surface area (Å²) in [7, 11) is 1.40. The molecule has 1 heterocycles. The lowest BCUT2D eigenvalue weighted by Crippen LogP contribution is -2.24.